The van der Waals surface area contributed by atoms with Gasteiger partial charge >= 0.3 is 0 Å². The van der Waals surface area contributed by atoms with Crippen molar-refractivity contribution in [2.24, 2.45) is 5.92 Å². The van der Waals surface area contributed by atoms with E-state index in [0.717, 1.165) is 37.5 Å². The molecule has 2 unspecified atom stereocenters. The SMILES string of the molecule is Cc1noc(C)c1CN1CCC(O)C(C)C1. The van der Waals surface area contributed by atoms with Crippen molar-refractivity contribution in [3.8, 4) is 0 Å². The molecular formula is C12H20N2O2. The first kappa shape index (κ1) is 11.6. The summed E-state index contributed by atoms with van der Waals surface area (Å²) in [4.78, 5) is 2.37. The van der Waals surface area contributed by atoms with E-state index >= 15 is 0 Å². The number of likely N-dealkylation sites (tertiary alicyclic amines) is 1. The fraction of sp³-hybridized carbons (Fsp3) is 0.750. The van der Waals surface area contributed by atoms with Crippen LogP contribution in [0, 0.1) is 19.8 Å². The van der Waals surface area contributed by atoms with Gasteiger partial charge in [0.1, 0.15) is 5.76 Å². The molecule has 0 aliphatic carbocycles. The van der Waals surface area contributed by atoms with Crippen LogP contribution in [0.25, 0.3) is 0 Å². The Morgan fingerprint density at radius 3 is 2.81 bits per heavy atom. The van der Waals surface area contributed by atoms with Crippen molar-refractivity contribution in [2.75, 3.05) is 13.1 Å². The van der Waals surface area contributed by atoms with Gasteiger partial charge in [0.25, 0.3) is 0 Å². The van der Waals surface area contributed by atoms with Crippen LogP contribution in [0.5, 0.6) is 0 Å². The average Bonchev–Trinajstić information content (AvgIpc) is 2.55. The molecule has 4 heteroatoms. The van der Waals surface area contributed by atoms with Gasteiger partial charge in [0.15, 0.2) is 0 Å². The molecule has 0 aromatic carbocycles. The van der Waals surface area contributed by atoms with Gasteiger partial charge < -0.3 is 9.63 Å². The molecule has 0 radical (unpaired) electrons. The van der Waals surface area contributed by atoms with Crippen molar-refractivity contribution >= 4 is 0 Å². The Labute approximate surface area is 96.2 Å². The van der Waals surface area contributed by atoms with Gasteiger partial charge in [-0.05, 0) is 26.2 Å². The number of aromatic nitrogens is 1. The molecule has 1 saturated heterocycles. The first-order chi connectivity index (χ1) is 7.58. The second-order valence-electron chi connectivity index (χ2n) is 4.87. The van der Waals surface area contributed by atoms with Crippen LogP contribution in [0.4, 0.5) is 0 Å². The van der Waals surface area contributed by atoms with Gasteiger partial charge in [-0.3, -0.25) is 4.90 Å². The van der Waals surface area contributed by atoms with Crippen molar-refractivity contribution in [1.82, 2.24) is 10.1 Å². The molecule has 0 bridgehead atoms. The lowest BCUT2D eigenvalue weighted by Gasteiger charge is -2.34. The first-order valence-corrected chi connectivity index (χ1v) is 5.90. The van der Waals surface area contributed by atoms with Crippen LogP contribution in [0.2, 0.25) is 0 Å². The predicted octanol–water partition coefficient (Wildman–Crippen LogP) is 1.49. The van der Waals surface area contributed by atoms with Crippen molar-refractivity contribution in [2.45, 2.75) is 39.8 Å². The molecule has 16 heavy (non-hydrogen) atoms. The molecule has 90 valence electrons. The molecule has 1 aliphatic heterocycles. The molecule has 0 amide bonds. The van der Waals surface area contributed by atoms with Gasteiger partial charge in [-0.15, -0.1) is 0 Å². The highest BCUT2D eigenvalue weighted by Crippen LogP contribution is 2.21. The summed E-state index contributed by atoms with van der Waals surface area (Å²) in [6.07, 6.45) is 0.728. The Hall–Kier alpha value is -0.870. The summed E-state index contributed by atoms with van der Waals surface area (Å²) in [5.74, 6) is 1.27. The molecule has 0 saturated carbocycles. The van der Waals surface area contributed by atoms with E-state index in [1.165, 1.54) is 5.56 Å². The largest absolute Gasteiger partial charge is 0.393 e. The van der Waals surface area contributed by atoms with Gasteiger partial charge in [-0.25, -0.2) is 0 Å². The van der Waals surface area contributed by atoms with Gasteiger partial charge in [0, 0.05) is 25.2 Å². The zero-order chi connectivity index (χ0) is 11.7. The predicted molar refractivity (Wildman–Crippen MR) is 61.0 cm³/mol. The second-order valence-corrected chi connectivity index (χ2v) is 4.87. The van der Waals surface area contributed by atoms with E-state index in [0.29, 0.717) is 5.92 Å². The quantitative estimate of drug-likeness (QED) is 0.827. The van der Waals surface area contributed by atoms with E-state index in [1.54, 1.807) is 0 Å². The topological polar surface area (TPSA) is 49.5 Å². The smallest absolute Gasteiger partial charge is 0.138 e. The monoisotopic (exact) mass is 224 g/mol. The molecule has 1 N–H and O–H groups in total. The van der Waals surface area contributed by atoms with Crippen LogP contribution >= 0.6 is 0 Å². The molecule has 0 spiro atoms. The molecule has 2 rings (SSSR count). The first-order valence-electron chi connectivity index (χ1n) is 5.90. The molecule has 1 aromatic rings. The average molecular weight is 224 g/mol. The van der Waals surface area contributed by atoms with Crippen LogP contribution in [0.1, 0.15) is 30.4 Å². The van der Waals surface area contributed by atoms with E-state index in [9.17, 15) is 5.11 Å². The molecule has 2 atom stereocenters. The van der Waals surface area contributed by atoms with E-state index in [4.69, 9.17) is 4.52 Å². The normalized spacial score (nSPS) is 27.2. The van der Waals surface area contributed by atoms with Gasteiger partial charge in [-0.1, -0.05) is 12.1 Å². The van der Waals surface area contributed by atoms with E-state index in [2.05, 4.69) is 17.0 Å². The summed E-state index contributed by atoms with van der Waals surface area (Å²) in [7, 11) is 0. The number of piperidine rings is 1. The molecule has 1 aliphatic rings. The lowest BCUT2D eigenvalue weighted by atomic mass is 9.96. The fourth-order valence-electron chi connectivity index (χ4n) is 2.31. The van der Waals surface area contributed by atoms with Crippen LogP contribution in [-0.2, 0) is 6.54 Å². The van der Waals surface area contributed by atoms with E-state index < -0.39 is 0 Å². The Balaban J connectivity index is 2.00. The Kier molecular flexibility index (Phi) is 3.30. The van der Waals surface area contributed by atoms with Gasteiger partial charge in [-0.2, -0.15) is 0 Å². The maximum Gasteiger partial charge on any atom is 0.138 e. The molecule has 2 heterocycles. The highest BCUT2D eigenvalue weighted by atomic mass is 16.5. The Morgan fingerprint density at radius 2 is 2.25 bits per heavy atom. The van der Waals surface area contributed by atoms with E-state index in [1.807, 2.05) is 13.8 Å². The zero-order valence-electron chi connectivity index (χ0n) is 10.2. The van der Waals surface area contributed by atoms with Gasteiger partial charge in [0.05, 0.1) is 11.8 Å². The van der Waals surface area contributed by atoms with Crippen molar-refractivity contribution in [3.63, 3.8) is 0 Å². The highest BCUT2D eigenvalue weighted by Gasteiger charge is 2.25. The minimum atomic E-state index is -0.138. The number of aliphatic hydroxyl groups excluding tert-OH is 1. The lowest BCUT2D eigenvalue weighted by Crippen LogP contribution is -2.41. The number of hydrogen-bond acceptors (Lipinski definition) is 4. The third-order valence-electron chi connectivity index (χ3n) is 3.51. The summed E-state index contributed by atoms with van der Waals surface area (Å²) in [6.45, 7) is 8.83. The van der Waals surface area contributed by atoms with Crippen LogP contribution in [0.3, 0.4) is 0 Å². The Bertz CT molecular complexity index is 342. The van der Waals surface area contributed by atoms with Crippen LogP contribution < -0.4 is 0 Å². The molecular weight excluding hydrogens is 204 g/mol. The van der Waals surface area contributed by atoms with Crippen LogP contribution in [0.15, 0.2) is 4.52 Å². The summed E-state index contributed by atoms with van der Waals surface area (Å²) in [5, 5.41) is 13.6. The van der Waals surface area contributed by atoms with Crippen molar-refractivity contribution in [3.05, 3.63) is 17.0 Å². The number of nitrogens with zero attached hydrogens (tertiary/aromatic N) is 2. The maximum atomic E-state index is 9.67. The van der Waals surface area contributed by atoms with Crippen molar-refractivity contribution < 1.29 is 9.63 Å². The summed E-state index contributed by atoms with van der Waals surface area (Å²) >= 11 is 0. The summed E-state index contributed by atoms with van der Waals surface area (Å²) < 4.78 is 5.16. The standard InChI is InChI=1S/C12H20N2O2/c1-8-6-14(5-4-12(8)15)7-11-9(2)13-16-10(11)3/h8,12,15H,4-7H2,1-3H3. The molecule has 1 aromatic heterocycles. The van der Waals surface area contributed by atoms with E-state index in [-0.39, 0.29) is 6.10 Å². The summed E-state index contributed by atoms with van der Waals surface area (Å²) in [5.41, 5.74) is 2.18. The minimum Gasteiger partial charge on any atom is -0.393 e. The fourth-order valence-corrected chi connectivity index (χ4v) is 2.31. The number of hydrogen-bond donors (Lipinski definition) is 1. The minimum absolute atomic E-state index is 0.138. The number of rotatable bonds is 2. The van der Waals surface area contributed by atoms with Gasteiger partial charge in [0.2, 0.25) is 0 Å². The molecule has 1 fully saturated rings. The number of aryl methyl sites for hydroxylation is 2. The third kappa shape index (κ3) is 2.28. The van der Waals surface area contributed by atoms with Crippen LogP contribution in [-0.4, -0.2) is 34.4 Å². The van der Waals surface area contributed by atoms with Crippen molar-refractivity contribution in [1.29, 1.82) is 0 Å². The lowest BCUT2D eigenvalue weighted by molar-refractivity contribution is 0.0318. The summed E-state index contributed by atoms with van der Waals surface area (Å²) in [6, 6.07) is 0. The Morgan fingerprint density at radius 1 is 1.50 bits per heavy atom. The number of aliphatic hydroxyl groups is 1. The molecule has 4 nitrogen and oxygen atoms in total. The third-order valence-corrected chi connectivity index (χ3v) is 3.51. The maximum absolute atomic E-state index is 9.67. The second kappa shape index (κ2) is 4.55. The zero-order valence-corrected chi connectivity index (χ0v) is 10.2. The highest BCUT2D eigenvalue weighted by molar-refractivity contribution is 5.20.